The third kappa shape index (κ3) is 21.8. The first kappa shape index (κ1) is 62.3. The minimum absolute atomic E-state index is 0.0465. The maximum atomic E-state index is 5.67. The van der Waals surface area contributed by atoms with E-state index in [1.807, 2.05) is 34.9 Å². The van der Waals surface area contributed by atoms with Crippen molar-refractivity contribution >= 4 is 39.8 Å². The van der Waals surface area contributed by atoms with Gasteiger partial charge in [0.25, 0.3) is 0 Å². The molecular formula is C67H110Cl2O4P2Ru+2. The van der Waals surface area contributed by atoms with Gasteiger partial charge in [0.05, 0.1) is 73.6 Å². The molecule has 9 aliphatic carbocycles. The molecule has 4 nitrogen and oxygen atoms in total. The van der Waals surface area contributed by atoms with Gasteiger partial charge in [-0.2, -0.15) is 0 Å². The number of hydrogen-bond acceptors (Lipinski definition) is 4. The summed E-state index contributed by atoms with van der Waals surface area (Å²) in [7, 11) is 11.2. The van der Waals surface area contributed by atoms with E-state index in [9.17, 15) is 0 Å². The Morgan fingerprint density at radius 1 is 0.474 bits per heavy atom. The number of fused-ring (bicyclic) bond motifs is 2. The van der Waals surface area contributed by atoms with Gasteiger partial charge in [0.15, 0.2) is 0 Å². The van der Waals surface area contributed by atoms with Crippen molar-refractivity contribution in [1.29, 1.82) is 0 Å². The van der Waals surface area contributed by atoms with Crippen molar-refractivity contribution < 1.29 is 32.5 Å². The van der Waals surface area contributed by atoms with Crippen molar-refractivity contribution in [2.75, 3.05) is 39.6 Å². The number of ether oxygens (including phenoxy) is 4. The van der Waals surface area contributed by atoms with Gasteiger partial charge in [-0.05, 0) is 215 Å². The van der Waals surface area contributed by atoms with Gasteiger partial charge in [-0.3, -0.25) is 0 Å². The van der Waals surface area contributed by atoms with Crippen molar-refractivity contribution in [3.8, 4) is 0 Å². The SMILES string of the molecule is C1=CC2CC1CC2COCC1CO1.C1CCC([PH+](C2CCCCC2)C2CCCCC2)CC1.C1CCC([PH+](C2CCCCC2)C2CCCCC2)CC1.C=CC1CC(C=C)C(COCC2CO2)C1.[Cl][Ru]([Cl])=[CH]c1ccccc1. The van der Waals surface area contributed by atoms with E-state index in [0.29, 0.717) is 30.0 Å². The van der Waals surface area contributed by atoms with Crippen molar-refractivity contribution in [1.82, 2.24) is 0 Å². The summed E-state index contributed by atoms with van der Waals surface area (Å²) in [5.41, 5.74) is 8.48. The fraction of sp³-hybridized carbons (Fsp3) is 0.806. The minimum atomic E-state index is -1.61. The monoisotopic (exact) mass is 1210 g/mol. The van der Waals surface area contributed by atoms with E-state index in [0.717, 1.165) is 63.0 Å². The quantitative estimate of drug-likeness (QED) is 0.0675. The van der Waals surface area contributed by atoms with E-state index < -0.39 is 13.5 Å². The van der Waals surface area contributed by atoms with Crippen LogP contribution in [0.2, 0.25) is 0 Å². The Bertz CT molecular complexity index is 1650. The molecule has 2 heterocycles. The molecule has 10 fully saturated rings. The molecule has 2 bridgehead atoms. The summed E-state index contributed by atoms with van der Waals surface area (Å²) < 4.78 is 23.4. The molecule has 432 valence electrons. The zero-order valence-electron chi connectivity index (χ0n) is 47.8. The predicted octanol–water partition coefficient (Wildman–Crippen LogP) is 19.2. The number of epoxide rings is 2. The Kier molecular flexibility index (Phi) is 29.0. The molecule has 8 atom stereocenters. The van der Waals surface area contributed by atoms with Crippen LogP contribution >= 0.6 is 35.2 Å². The van der Waals surface area contributed by atoms with Crippen LogP contribution in [-0.2, 0) is 32.5 Å². The second-order valence-corrected chi connectivity index (χ2v) is 38.5. The molecule has 11 aliphatic rings. The third-order valence-corrected chi connectivity index (χ3v) is 31.4. The molecule has 8 unspecified atom stereocenters. The Balaban J connectivity index is 0.000000128. The zero-order chi connectivity index (χ0) is 52.6. The van der Waals surface area contributed by atoms with Gasteiger partial charge in [-0.25, -0.2) is 0 Å². The number of allylic oxidation sites excluding steroid dienone is 4. The van der Waals surface area contributed by atoms with E-state index in [1.165, 1.54) is 59.6 Å². The van der Waals surface area contributed by atoms with Crippen molar-refractivity contribution in [2.45, 2.75) is 264 Å². The molecule has 0 radical (unpaired) electrons. The molecule has 1 aromatic rings. The first-order valence-electron chi connectivity index (χ1n) is 32.4. The van der Waals surface area contributed by atoms with E-state index in [-0.39, 0.29) is 15.8 Å². The van der Waals surface area contributed by atoms with Crippen molar-refractivity contribution in [3.63, 3.8) is 0 Å². The summed E-state index contributed by atoms with van der Waals surface area (Å²) in [6, 6.07) is 9.89. The van der Waals surface area contributed by atoms with Gasteiger partial charge < -0.3 is 18.9 Å². The van der Waals surface area contributed by atoms with Crippen LogP contribution < -0.4 is 0 Å². The number of rotatable bonds is 17. The Labute approximate surface area is 482 Å². The molecule has 12 rings (SSSR count). The van der Waals surface area contributed by atoms with Gasteiger partial charge in [-0.1, -0.05) is 62.8 Å². The fourth-order valence-electron chi connectivity index (χ4n) is 16.2. The fourth-order valence-corrected chi connectivity index (χ4v) is 28.5. The number of hydrogen-bond donors (Lipinski definition) is 0. The second kappa shape index (κ2) is 35.4. The predicted molar refractivity (Wildman–Crippen MR) is 331 cm³/mol. The standard InChI is InChI=1S/2C18H33P.C13H20O2.C11H16O2.C7H6.2ClH.Ru/c2*1-4-10-16(11-5-1)19(17-12-6-2-7-13-17)18-14-8-3-9-15-18;1-3-10-5-11(4-2)12(6-10)7-14-8-13-9-15-13;1-2-9-3-8(1)4-10(9)5-12-6-11-7-13-11;1-7-5-3-2-4-6-7;;;/h2*16-18H,1-15H2;3-4,10-13H,1-2,5-9H2;1-2,8-11H,3-7H2;1-6H;2*1H;/q;;;;;;;+2. The molecular weight excluding hydrogens is 1100 g/mol. The van der Waals surface area contributed by atoms with Gasteiger partial charge >= 0.3 is 73.4 Å². The normalized spacial score (nSPS) is 31.4. The molecule has 2 saturated heterocycles. The first-order chi connectivity index (χ1) is 37.4. The van der Waals surface area contributed by atoms with E-state index >= 15 is 0 Å². The van der Waals surface area contributed by atoms with Crippen LogP contribution in [-0.4, -0.2) is 90.4 Å². The Hall–Kier alpha value is 0.213. The summed E-state index contributed by atoms with van der Waals surface area (Å²) in [6.45, 7) is 12.9. The Morgan fingerprint density at radius 2 is 0.868 bits per heavy atom. The van der Waals surface area contributed by atoms with Crippen molar-refractivity contribution in [3.05, 3.63) is 73.4 Å². The third-order valence-electron chi connectivity index (χ3n) is 20.4. The van der Waals surface area contributed by atoms with Gasteiger partial charge in [-0.15, -0.1) is 13.2 Å². The van der Waals surface area contributed by atoms with Gasteiger partial charge in [0.1, 0.15) is 12.2 Å². The van der Waals surface area contributed by atoms with Crippen LogP contribution in [0.4, 0.5) is 0 Å². The van der Waals surface area contributed by atoms with Crippen LogP contribution in [0, 0.1) is 35.5 Å². The van der Waals surface area contributed by atoms with Gasteiger partial charge in [0, 0.05) is 15.8 Å². The van der Waals surface area contributed by atoms with Crippen LogP contribution in [0.25, 0.3) is 0 Å². The van der Waals surface area contributed by atoms with Crippen LogP contribution in [0.3, 0.4) is 0 Å². The van der Waals surface area contributed by atoms with E-state index in [1.54, 1.807) is 193 Å². The molecule has 0 N–H and O–H groups in total. The average Bonchev–Trinajstić information content (AvgIpc) is 4.36. The second-order valence-electron chi connectivity index (χ2n) is 25.9. The average molecular weight is 1210 g/mol. The van der Waals surface area contributed by atoms with Crippen molar-refractivity contribution in [2.24, 2.45) is 35.5 Å². The summed E-state index contributed by atoms with van der Waals surface area (Å²) in [4.78, 5) is 0. The summed E-state index contributed by atoms with van der Waals surface area (Å²) in [6.07, 6.45) is 62.4. The first-order valence-corrected chi connectivity index (χ1v) is 41.3. The number of halogens is 2. The zero-order valence-corrected chi connectivity index (χ0v) is 53.0. The molecule has 0 amide bonds. The molecule has 76 heavy (non-hydrogen) atoms. The van der Waals surface area contributed by atoms with E-state index in [4.69, 9.17) is 38.3 Å². The summed E-state index contributed by atoms with van der Waals surface area (Å²) in [5, 5.41) is 0. The Morgan fingerprint density at radius 3 is 1.18 bits per heavy atom. The van der Waals surface area contributed by atoms with Crippen LogP contribution in [0.1, 0.15) is 224 Å². The molecule has 2 aliphatic heterocycles. The molecule has 9 heteroatoms. The van der Waals surface area contributed by atoms with E-state index in [2.05, 4.69) is 37.5 Å². The molecule has 0 spiro atoms. The van der Waals surface area contributed by atoms with Crippen LogP contribution in [0.15, 0.2) is 67.8 Å². The van der Waals surface area contributed by atoms with Gasteiger partial charge in [0.2, 0.25) is 0 Å². The maximum absolute atomic E-state index is 5.67. The summed E-state index contributed by atoms with van der Waals surface area (Å²) in [5.74, 6) is 4.38. The summed E-state index contributed by atoms with van der Waals surface area (Å²) >= 11 is -1.61. The molecule has 0 aromatic heterocycles. The number of benzene rings is 1. The topological polar surface area (TPSA) is 43.5 Å². The molecule has 1 aromatic carbocycles. The van der Waals surface area contributed by atoms with Crippen LogP contribution in [0.5, 0.6) is 0 Å². The molecule has 8 saturated carbocycles.